The van der Waals surface area contributed by atoms with Crippen molar-refractivity contribution in [2.24, 2.45) is 0 Å². The van der Waals surface area contributed by atoms with E-state index in [1.807, 2.05) is 31.2 Å². The van der Waals surface area contributed by atoms with Gasteiger partial charge in [0, 0.05) is 23.9 Å². The Bertz CT molecular complexity index is 459. The number of benzene rings is 1. The second-order valence-electron chi connectivity index (χ2n) is 4.92. The number of nitrogens with one attached hydrogen (secondary N) is 1. The number of ether oxygens (including phenoxy) is 1. The summed E-state index contributed by atoms with van der Waals surface area (Å²) in [6, 6.07) is 7.98. The van der Waals surface area contributed by atoms with Gasteiger partial charge in [-0.1, -0.05) is 35.0 Å². The predicted octanol–water partition coefficient (Wildman–Crippen LogP) is 3.40. The van der Waals surface area contributed by atoms with E-state index in [1.165, 1.54) is 0 Å². The van der Waals surface area contributed by atoms with Crippen molar-refractivity contribution in [3.05, 3.63) is 34.3 Å². The molecule has 0 saturated heterocycles. The van der Waals surface area contributed by atoms with E-state index >= 15 is 0 Å². The molecular weight excluding hydrogens is 334 g/mol. The normalized spacial score (nSPS) is 11.8. The van der Waals surface area contributed by atoms with E-state index in [0.717, 1.165) is 10.0 Å². The van der Waals surface area contributed by atoms with Crippen molar-refractivity contribution in [2.45, 2.75) is 39.0 Å². The fourth-order valence-electron chi connectivity index (χ4n) is 1.95. The molecule has 0 radical (unpaired) electrons. The van der Waals surface area contributed by atoms with Crippen LogP contribution in [0.5, 0.6) is 0 Å². The topological polar surface area (TPSA) is 55.4 Å². The van der Waals surface area contributed by atoms with Crippen LogP contribution in [-0.4, -0.2) is 25.0 Å². The standard InChI is InChI=1S/C16H22BrNO3/c1-3-21-16(20)5-4-10-18-15(19)11-12(2)13-6-8-14(17)9-7-13/h6-9,12H,3-5,10-11H2,1-2H3,(H,18,19). The molecule has 0 spiro atoms. The molecule has 1 aromatic rings. The molecule has 0 saturated carbocycles. The minimum Gasteiger partial charge on any atom is -0.466 e. The summed E-state index contributed by atoms with van der Waals surface area (Å²) < 4.78 is 5.85. The summed E-state index contributed by atoms with van der Waals surface area (Å²) in [5.41, 5.74) is 1.14. The van der Waals surface area contributed by atoms with Gasteiger partial charge >= 0.3 is 5.97 Å². The number of hydrogen-bond acceptors (Lipinski definition) is 3. The number of halogens is 1. The lowest BCUT2D eigenvalue weighted by Crippen LogP contribution is -2.26. The second-order valence-corrected chi connectivity index (χ2v) is 5.83. The highest BCUT2D eigenvalue weighted by atomic mass is 79.9. The van der Waals surface area contributed by atoms with Crippen LogP contribution in [0.25, 0.3) is 0 Å². The minimum atomic E-state index is -0.213. The van der Waals surface area contributed by atoms with Gasteiger partial charge in [-0.2, -0.15) is 0 Å². The Labute approximate surface area is 134 Å². The number of carbonyl (C=O) groups excluding carboxylic acids is 2. The van der Waals surface area contributed by atoms with Crippen molar-refractivity contribution >= 4 is 27.8 Å². The Kier molecular flexibility index (Phi) is 8.05. The predicted molar refractivity (Wildman–Crippen MR) is 86.1 cm³/mol. The molecule has 0 aromatic heterocycles. The zero-order chi connectivity index (χ0) is 15.7. The van der Waals surface area contributed by atoms with Gasteiger partial charge < -0.3 is 10.1 Å². The van der Waals surface area contributed by atoms with Crippen LogP contribution < -0.4 is 5.32 Å². The van der Waals surface area contributed by atoms with Gasteiger partial charge in [-0.15, -0.1) is 0 Å². The van der Waals surface area contributed by atoms with Crippen molar-refractivity contribution in [3.8, 4) is 0 Å². The lowest BCUT2D eigenvalue weighted by atomic mass is 9.97. The van der Waals surface area contributed by atoms with Crippen molar-refractivity contribution in [3.63, 3.8) is 0 Å². The van der Waals surface area contributed by atoms with Crippen LogP contribution in [0, 0.1) is 0 Å². The van der Waals surface area contributed by atoms with Gasteiger partial charge in [-0.3, -0.25) is 9.59 Å². The first kappa shape index (κ1) is 17.7. The van der Waals surface area contributed by atoms with Gasteiger partial charge in [0.25, 0.3) is 0 Å². The summed E-state index contributed by atoms with van der Waals surface area (Å²) in [6.45, 7) is 4.71. The SMILES string of the molecule is CCOC(=O)CCCNC(=O)CC(C)c1ccc(Br)cc1. The molecule has 5 heteroatoms. The maximum Gasteiger partial charge on any atom is 0.305 e. The van der Waals surface area contributed by atoms with Crippen LogP contribution in [0.2, 0.25) is 0 Å². The summed E-state index contributed by atoms with van der Waals surface area (Å²) in [5, 5.41) is 2.84. The zero-order valence-electron chi connectivity index (χ0n) is 12.5. The Morgan fingerprint density at radius 1 is 1.29 bits per heavy atom. The molecule has 0 bridgehead atoms. The number of rotatable bonds is 8. The molecule has 1 unspecified atom stereocenters. The Morgan fingerprint density at radius 2 is 1.95 bits per heavy atom. The number of hydrogen-bond donors (Lipinski definition) is 1. The molecule has 0 aliphatic heterocycles. The highest BCUT2D eigenvalue weighted by Gasteiger charge is 2.11. The highest BCUT2D eigenvalue weighted by Crippen LogP contribution is 2.21. The third-order valence-corrected chi connectivity index (χ3v) is 3.64. The Hall–Kier alpha value is -1.36. The minimum absolute atomic E-state index is 0.00859. The van der Waals surface area contributed by atoms with Gasteiger partial charge in [-0.25, -0.2) is 0 Å². The molecular formula is C16H22BrNO3. The first-order valence-electron chi connectivity index (χ1n) is 7.20. The Balaban J connectivity index is 2.24. The summed E-state index contributed by atoms with van der Waals surface area (Å²) in [7, 11) is 0. The number of amides is 1. The van der Waals surface area contributed by atoms with Crippen LogP contribution >= 0.6 is 15.9 Å². The summed E-state index contributed by atoms with van der Waals surface area (Å²) in [5.74, 6) is -0.0348. The molecule has 0 heterocycles. The molecule has 4 nitrogen and oxygen atoms in total. The van der Waals surface area contributed by atoms with E-state index in [1.54, 1.807) is 6.92 Å². The molecule has 1 amide bonds. The van der Waals surface area contributed by atoms with Crippen molar-refractivity contribution < 1.29 is 14.3 Å². The fourth-order valence-corrected chi connectivity index (χ4v) is 2.22. The monoisotopic (exact) mass is 355 g/mol. The maximum absolute atomic E-state index is 11.8. The fraction of sp³-hybridized carbons (Fsp3) is 0.500. The smallest absolute Gasteiger partial charge is 0.305 e. The van der Waals surface area contributed by atoms with Crippen LogP contribution in [0.15, 0.2) is 28.7 Å². The molecule has 1 aromatic carbocycles. The van der Waals surface area contributed by atoms with Crippen LogP contribution in [0.3, 0.4) is 0 Å². The van der Waals surface area contributed by atoms with Crippen molar-refractivity contribution in [2.75, 3.05) is 13.2 Å². The maximum atomic E-state index is 11.8. The molecule has 1 atom stereocenters. The molecule has 116 valence electrons. The van der Waals surface area contributed by atoms with E-state index in [9.17, 15) is 9.59 Å². The van der Waals surface area contributed by atoms with Gasteiger partial charge in [0.1, 0.15) is 0 Å². The number of carbonyl (C=O) groups is 2. The van der Waals surface area contributed by atoms with E-state index in [2.05, 4.69) is 21.2 Å². The molecule has 1 rings (SSSR count). The van der Waals surface area contributed by atoms with Crippen LogP contribution in [0.1, 0.15) is 44.6 Å². The summed E-state index contributed by atoms with van der Waals surface area (Å²) >= 11 is 3.39. The third-order valence-electron chi connectivity index (χ3n) is 3.12. The lowest BCUT2D eigenvalue weighted by molar-refractivity contribution is -0.143. The largest absolute Gasteiger partial charge is 0.466 e. The lowest BCUT2D eigenvalue weighted by Gasteiger charge is -2.12. The average Bonchev–Trinajstić information content (AvgIpc) is 2.44. The number of esters is 1. The summed E-state index contributed by atoms with van der Waals surface area (Å²) in [4.78, 5) is 23.0. The van der Waals surface area contributed by atoms with Gasteiger partial charge in [0.2, 0.25) is 5.91 Å². The first-order valence-corrected chi connectivity index (χ1v) is 8.00. The molecule has 21 heavy (non-hydrogen) atoms. The quantitative estimate of drug-likeness (QED) is 0.574. The zero-order valence-corrected chi connectivity index (χ0v) is 14.1. The average molecular weight is 356 g/mol. The van der Waals surface area contributed by atoms with E-state index in [-0.39, 0.29) is 17.8 Å². The second kappa shape index (κ2) is 9.55. The highest BCUT2D eigenvalue weighted by molar-refractivity contribution is 9.10. The van der Waals surface area contributed by atoms with E-state index in [4.69, 9.17) is 4.74 Å². The van der Waals surface area contributed by atoms with Crippen LogP contribution in [0.4, 0.5) is 0 Å². The van der Waals surface area contributed by atoms with Gasteiger partial charge in [0.05, 0.1) is 6.61 Å². The van der Waals surface area contributed by atoms with Gasteiger partial charge in [-0.05, 0) is 37.0 Å². The van der Waals surface area contributed by atoms with Crippen molar-refractivity contribution in [1.29, 1.82) is 0 Å². The molecule has 0 aliphatic rings. The molecule has 0 fully saturated rings. The van der Waals surface area contributed by atoms with Crippen molar-refractivity contribution in [1.82, 2.24) is 5.32 Å². The van der Waals surface area contributed by atoms with Gasteiger partial charge in [0.15, 0.2) is 0 Å². The van der Waals surface area contributed by atoms with E-state index in [0.29, 0.717) is 32.4 Å². The summed E-state index contributed by atoms with van der Waals surface area (Å²) in [6.07, 6.45) is 1.40. The molecule has 1 N–H and O–H groups in total. The van der Waals surface area contributed by atoms with E-state index < -0.39 is 0 Å². The Morgan fingerprint density at radius 3 is 2.57 bits per heavy atom. The first-order chi connectivity index (χ1) is 10.0. The molecule has 0 aliphatic carbocycles. The van der Waals surface area contributed by atoms with Crippen LogP contribution in [-0.2, 0) is 14.3 Å². The third kappa shape index (κ3) is 7.27.